The molecule has 0 atom stereocenters. The van der Waals surface area contributed by atoms with Crippen molar-refractivity contribution in [1.82, 2.24) is 4.90 Å². The van der Waals surface area contributed by atoms with Crippen molar-refractivity contribution in [1.29, 1.82) is 0 Å². The van der Waals surface area contributed by atoms with Crippen LogP contribution in [0.15, 0.2) is 24.3 Å². The molecule has 0 aliphatic heterocycles. The SMILES string of the molecule is CCN(CCN)CCc1cccc(C)c1. The number of hydrogen-bond acceptors (Lipinski definition) is 2. The summed E-state index contributed by atoms with van der Waals surface area (Å²) in [6.07, 6.45) is 1.12. The van der Waals surface area contributed by atoms with Crippen molar-refractivity contribution in [3.63, 3.8) is 0 Å². The number of aryl methyl sites for hydroxylation is 1. The van der Waals surface area contributed by atoms with Gasteiger partial charge in [-0.1, -0.05) is 36.8 Å². The molecule has 1 rings (SSSR count). The summed E-state index contributed by atoms with van der Waals surface area (Å²) in [5.41, 5.74) is 8.32. The van der Waals surface area contributed by atoms with Gasteiger partial charge in [0, 0.05) is 19.6 Å². The lowest BCUT2D eigenvalue weighted by atomic mass is 10.1. The summed E-state index contributed by atoms with van der Waals surface area (Å²) in [5, 5.41) is 0. The van der Waals surface area contributed by atoms with E-state index in [0.717, 1.165) is 32.6 Å². The highest BCUT2D eigenvalue weighted by Gasteiger charge is 2.01. The Morgan fingerprint density at radius 3 is 2.67 bits per heavy atom. The van der Waals surface area contributed by atoms with E-state index in [1.165, 1.54) is 11.1 Å². The first-order valence-electron chi connectivity index (χ1n) is 5.74. The molecule has 0 unspecified atom stereocenters. The average Bonchev–Trinajstić information content (AvgIpc) is 2.24. The number of nitrogens with two attached hydrogens (primary N) is 1. The van der Waals surface area contributed by atoms with Crippen LogP contribution in [0.25, 0.3) is 0 Å². The van der Waals surface area contributed by atoms with E-state index in [2.05, 4.69) is 43.0 Å². The van der Waals surface area contributed by atoms with Crippen LogP contribution in [-0.2, 0) is 6.42 Å². The first-order valence-corrected chi connectivity index (χ1v) is 5.74. The lowest BCUT2D eigenvalue weighted by Crippen LogP contribution is -2.31. The molecule has 0 bridgehead atoms. The summed E-state index contributed by atoms with van der Waals surface area (Å²) in [6.45, 7) is 8.27. The second kappa shape index (κ2) is 6.59. The van der Waals surface area contributed by atoms with Crippen LogP contribution in [-0.4, -0.2) is 31.1 Å². The smallest absolute Gasteiger partial charge is 0.0105 e. The first kappa shape index (κ1) is 12.2. The first-order chi connectivity index (χ1) is 7.26. The summed E-state index contributed by atoms with van der Waals surface area (Å²) in [5.74, 6) is 0. The minimum absolute atomic E-state index is 0.752. The zero-order valence-electron chi connectivity index (χ0n) is 9.87. The minimum atomic E-state index is 0.752. The fraction of sp³-hybridized carbons (Fsp3) is 0.538. The van der Waals surface area contributed by atoms with Crippen LogP contribution in [0, 0.1) is 6.92 Å². The molecule has 0 amide bonds. The molecule has 0 saturated heterocycles. The second-order valence-electron chi connectivity index (χ2n) is 3.96. The van der Waals surface area contributed by atoms with Gasteiger partial charge >= 0.3 is 0 Å². The van der Waals surface area contributed by atoms with Crippen LogP contribution >= 0.6 is 0 Å². The van der Waals surface area contributed by atoms with Gasteiger partial charge in [0.1, 0.15) is 0 Å². The summed E-state index contributed by atoms with van der Waals surface area (Å²) in [7, 11) is 0. The van der Waals surface area contributed by atoms with Gasteiger partial charge in [-0.3, -0.25) is 0 Å². The molecule has 0 heterocycles. The van der Waals surface area contributed by atoms with Gasteiger partial charge in [-0.25, -0.2) is 0 Å². The Morgan fingerprint density at radius 1 is 1.27 bits per heavy atom. The van der Waals surface area contributed by atoms with Crippen molar-refractivity contribution in [2.45, 2.75) is 20.3 Å². The summed E-state index contributed by atoms with van der Waals surface area (Å²) in [6, 6.07) is 8.73. The standard InChI is InChI=1S/C13H22N2/c1-3-15(10-8-14)9-7-13-6-4-5-12(2)11-13/h4-6,11H,3,7-10,14H2,1-2H3. The number of nitrogens with zero attached hydrogens (tertiary/aromatic N) is 1. The molecule has 2 nitrogen and oxygen atoms in total. The van der Waals surface area contributed by atoms with E-state index < -0.39 is 0 Å². The number of likely N-dealkylation sites (N-methyl/N-ethyl adjacent to an activating group) is 1. The molecule has 0 radical (unpaired) electrons. The van der Waals surface area contributed by atoms with E-state index in [4.69, 9.17) is 5.73 Å². The zero-order valence-corrected chi connectivity index (χ0v) is 9.87. The van der Waals surface area contributed by atoms with E-state index in [1.807, 2.05) is 0 Å². The molecule has 84 valence electrons. The predicted octanol–water partition coefficient (Wildman–Crippen LogP) is 1.82. The molecule has 2 heteroatoms. The van der Waals surface area contributed by atoms with Gasteiger partial charge in [-0.05, 0) is 25.5 Å². The van der Waals surface area contributed by atoms with E-state index in [1.54, 1.807) is 0 Å². The predicted molar refractivity (Wildman–Crippen MR) is 66.1 cm³/mol. The van der Waals surface area contributed by atoms with Gasteiger partial charge in [0.05, 0.1) is 0 Å². The van der Waals surface area contributed by atoms with Crippen molar-refractivity contribution in [2.24, 2.45) is 5.73 Å². The van der Waals surface area contributed by atoms with Gasteiger partial charge in [0.25, 0.3) is 0 Å². The normalized spacial score (nSPS) is 10.9. The Balaban J connectivity index is 2.41. The summed E-state index contributed by atoms with van der Waals surface area (Å²) < 4.78 is 0. The molecule has 0 aliphatic carbocycles. The lowest BCUT2D eigenvalue weighted by molar-refractivity contribution is 0.300. The van der Waals surface area contributed by atoms with E-state index in [0.29, 0.717) is 0 Å². The Labute approximate surface area is 93.1 Å². The third-order valence-electron chi connectivity index (χ3n) is 2.69. The number of benzene rings is 1. The molecule has 0 fully saturated rings. The lowest BCUT2D eigenvalue weighted by Gasteiger charge is -2.19. The summed E-state index contributed by atoms with van der Waals surface area (Å²) >= 11 is 0. The van der Waals surface area contributed by atoms with Crippen molar-refractivity contribution in [2.75, 3.05) is 26.2 Å². The summed E-state index contributed by atoms with van der Waals surface area (Å²) in [4.78, 5) is 2.39. The molecular formula is C13H22N2. The number of hydrogen-bond donors (Lipinski definition) is 1. The van der Waals surface area contributed by atoms with Crippen LogP contribution in [0.3, 0.4) is 0 Å². The topological polar surface area (TPSA) is 29.3 Å². The van der Waals surface area contributed by atoms with E-state index in [9.17, 15) is 0 Å². The maximum atomic E-state index is 5.56. The molecule has 0 aromatic heterocycles. The highest BCUT2D eigenvalue weighted by atomic mass is 15.1. The maximum Gasteiger partial charge on any atom is 0.0105 e. The van der Waals surface area contributed by atoms with Gasteiger partial charge in [-0.15, -0.1) is 0 Å². The molecule has 0 spiro atoms. The fourth-order valence-electron chi connectivity index (χ4n) is 1.77. The van der Waals surface area contributed by atoms with Gasteiger partial charge in [0.15, 0.2) is 0 Å². The molecule has 1 aromatic rings. The molecule has 0 saturated carbocycles. The highest BCUT2D eigenvalue weighted by molar-refractivity contribution is 5.22. The van der Waals surface area contributed by atoms with Crippen LogP contribution in [0.2, 0.25) is 0 Å². The molecule has 1 aromatic carbocycles. The van der Waals surface area contributed by atoms with Gasteiger partial charge in [0.2, 0.25) is 0 Å². The largest absolute Gasteiger partial charge is 0.329 e. The molecular weight excluding hydrogens is 184 g/mol. The maximum absolute atomic E-state index is 5.56. The molecule has 2 N–H and O–H groups in total. The number of rotatable bonds is 6. The van der Waals surface area contributed by atoms with Crippen molar-refractivity contribution < 1.29 is 0 Å². The van der Waals surface area contributed by atoms with Gasteiger partial charge in [-0.2, -0.15) is 0 Å². The fourth-order valence-corrected chi connectivity index (χ4v) is 1.77. The third-order valence-corrected chi connectivity index (χ3v) is 2.69. The second-order valence-corrected chi connectivity index (χ2v) is 3.96. The third kappa shape index (κ3) is 4.45. The monoisotopic (exact) mass is 206 g/mol. The Bertz CT molecular complexity index is 284. The Morgan fingerprint density at radius 2 is 2.07 bits per heavy atom. The van der Waals surface area contributed by atoms with Crippen LogP contribution in [0.4, 0.5) is 0 Å². The van der Waals surface area contributed by atoms with Crippen molar-refractivity contribution in [3.05, 3.63) is 35.4 Å². The van der Waals surface area contributed by atoms with Crippen LogP contribution < -0.4 is 5.73 Å². The minimum Gasteiger partial charge on any atom is -0.329 e. The van der Waals surface area contributed by atoms with Crippen molar-refractivity contribution in [3.8, 4) is 0 Å². The van der Waals surface area contributed by atoms with Crippen molar-refractivity contribution >= 4 is 0 Å². The Hall–Kier alpha value is -0.860. The quantitative estimate of drug-likeness (QED) is 0.769. The molecule has 0 aliphatic rings. The van der Waals surface area contributed by atoms with Crippen LogP contribution in [0.1, 0.15) is 18.1 Å². The van der Waals surface area contributed by atoms with E-state index in [-0.39, 0.29) is 0 Å². The van der Waals surface area contributed by atoms with Gasteiger partial charge < -0.3 is 10.6 Å². The Kier molecular flexibility index (Phi) is 5.37. The zero-order chi connectivity index (χ0) is 11.1. The van der Waals surface area contributed by atoms with Crippen LogP contribution in [0.5, 0.6) is 0 Å². The molecule has 15 heavy (non-hydrogen) atoms. The highest BCUT2D eigenvalue weighted by Crippen LogP contribution is 2.05. The van der Waals surface area contributed by atoms with E-state index >= 15 is 0 Å². The average molecular weight is 206 g/mol.